The van der Waals surface area contributed by atoms with Gasteiger partial charge in [-0.2, -0.15) is 0 Å². The van der Waals surface area contributed by atoms with Gasteiger partial charge in [0.25, 0.3) is 0 Å². The van der Waals surface area contributed by atoms with Gasteiger partial charge >= 0.3 is 0 Å². The molecule has 1 aromatic rings. The first-order valence-corrected chi connectivity index (χ1v) is 8.31. The topological polar surface area (TPSA) is 15.3 Å². The minimum absolute atomic E-state index is 0.968. The van der Waals surface area contributed by atoms with Crippen molar-refractivity contribution in [1.82, 2.24) is 5.32 Å². The third-order valence-electron chi connectivity index (χ3n) is 4.61. The molecule has 0 saturated heterocycles. The Kier molecular flexibility index (Phi) is 4.30. The number of anilines is 1. The zero-order valence-electron chi connectivity index (χ0n) is 13.0. The zero-order valence-corrected chi connectivity index (χ0v) is 13.0. The van der Waals surface area contributed by atoms with Crippen molar-refractivity contribution in [3.63, 3.8) is 0 Å². The summed E-state index contributed by atoms with van der Waals surface area (Å²) >= 11 is 0. The third-order valence-corrected chi connectivity index (χ3v) is 4.61. The molecule has 3 rings (SSSR count). The van der Waals surface area contributed by atoms with Crippen molar-refractivity contribution >= 4 is 5.69 Å². The molecule has 1 aromatic carbocycles. The van der Waals surface area contributed by atoms with Crippen molar-refractivity contribution in [2.45, 2.75) is 46.1 Å². The van der Waals surface area contributed by atoms with E-state index >= 15 is 0 Å². The Morgan fingerprint density at radius 2 is 1.75 bits per heavy atom. The molecule has 2 fully saturated rings. The number of hydrogen-bond acceptors (Lipinski definition) is 2. The second kappa shape index (κ2) is 6.17. The van der Waals surface area contributed by atoms with E-state index in [1.165, 1.54) is 55.6 Å². The SMILES string of the molecule is CCNCc1ccc(N(CC2CC2)CC2CC2)cc1C. The minimum Gasteiger partial charge on any atom is -0.371 e. The quantitative estimate of drug-likeness (QED) is 0.775. The van der Waals surface area contributed by atoms with E-state index in [1.54, 1.807) is 0 Å². The van der Waals surface area contributed by atoms with E-state index in [0.717, 1.165) is 24.9 Å². The number of nitrogens with one attached hydrogen (secondary N) is 1. The van der Waals surface area contributed by atoms with Crippen LogP contribution in [0.3, 0.4) is 0 Å². The average molecular weight is 272 g/mol. The molecule has 0 bridgehead atoms. The van der Waals surface area contributed by atoms with Crippen LogP contribution < -0.4 is 10.2 Å². The lowest BCUT2D eigenvalue weighted by Gasteiger charge is -2.26. The summed E-state index contributed by atoms with van der Waals surface area (Å²) in [5, 5.41) is 3.42. The van der Waals surface area contributed by atoms with Crippen molar-refractivity contribution < 1.29 is 0 Å². The highest BCUT2D eigenvalue weighted by atomic mass is 15.1. The average Bonchev–Trinajstić information content (AvgIpc) is 3.32. The highest BCUT2D eigenvalue weighted by Gasteiger charge is 2.29. The van der Waals surface area contributed by atoms with Crippen LogP contribution in [0.5, 0.6) is 0 Å². The van der Waals surface area contributed by atoms with E-state index in [2.05, 4.69) is 42.3 Å². The van der Waals surface area contributed by atoms with Gasteiger partial charge in [-0.15, -0.1) is 0 Å². The first kappa shape index (κ1) is 13.9. The number of benzene rings is 1. The maximum absolute atomic E-state index is 3.42. The predicted octanol–water partition coefficient (Wildman–Crippen LogP) is 3.73. The summed E-state index contributed by atoms with van der Waals surface area (Å²) < 4.78 is 0. The summed E-state index contributed by atoms with van der Waals surface area (Å²) in [5.41, 5.74) is 4.31. The fourth-order valence-electron chi connectivity index (χ4n) is 2.84. The normalized spacial score (nSPS) is 18.3. The molecule has 0 unspecified atom stereocenters. The summed E-state index contributed by atoms with van der Waals surface area (Å²) in [7, 11) is 0. The number of rotatable bonds is 8. The molecule has 20 heavy (non-hydrogen) atoms. The Morgan fingerprint density at radius 1 is 1.10 bits per heavy atom. The van der Waals surface area contributed by atoms with E-state index in [4.69, 9.17) is 0 Å². The van der Waals surface area contributed by atoms with Gasteiger partial charge in [-0.25, -0.2) is 0 Å². The van der Waals surface area contributed by atoms with E-state index in [1.807, 2.05) is 0 Å². The Labute approximate surface area is 123 Å². The summed E-state index contributed by atoms with van der Waals surface area (Å²) in [4.78, 5) is 2.65. The van der Waals surface area contributed by atoms with Gasteiger partial charge < -0.3 is 10.2 Å². The second-order valence-corrected chi connectivity index (χ2v) is 6.68. The molecule has 0 atom stereocenters. The summed E-state index contributed by atoms with van der Waals surface area (Å²) in [6, 6.07) is 7.06. The van der Waals surface area contributed by atoms with Gasteiger partial charge in [-0.3, -0.25) is 0 Å². The number of hydrogen-bond donors (Lipinski definition) is 1. The molecule has 110 valence electrons. The highest BCUT2D eigenvalue weighted by Crippen LogP contribution is 2.36. The van der Waals surface area contributed by atoms with Crippen LogP contribution in [-0.4, -0.2) is 19.6 Å². The lowest BCUT2D eigenvalue weighted by atomic mass is 10.1. The van der Waals surface area contributed by atoms with Gasteiger partial charge in [0, 0.05) is 25.3 Å². The van der Waals surface area contributed by atoms with Crippen molar-refractivity contribution in [2.75, 3.05) is 24.5 Å². The molecule has 0 amide bonds. The highest BCUT2D eigenvalue weighted by molar-refractivity contribution is 5.51. The van der Waals surface area contributed by atoms with E-state index in [9.17, 15) is 0 Å². The smallest absolute Gasteiger partial charge is 0.0369 e. The Morgan fingerprint density at radius 3 is 2.25 bits per heavy atom. The zero-order chi connectivity index (χ0) is 13.9. The molecular formula is C18H28N2. The summed E-state index contributed by atoms with van der Waals surface area (Å²) in [5.74, 6) is 1.94. The molecular weight excluding hydrogens is 244 g/mol. The van der Waals surface area contributed by atoms with Gasteiger partial charge in [0.05, 0.1) is 0 Å². The Bertz CT molecular complexity index is 433. The van der Waals surface area contributed by atoms with Crippen molar-refractivity contribution in [3.8, 4) is 0 Å². The maximum atomic E-state index is 3.42. The lowest BCUT2D eigenvalue weighted by Crippen LogP contribution is -2.28. The van der Waals surface area contributed by atoms with Crippen LogP contribution in [0.15, 0.2) is 18.2 Å². The lowest BCUT2D eigenvalue weighted by molar-refractivity contribution is 0.678. The molecule has 2 heteroatoms. The van der Waals surface area contributed by atoms with E-state index in [-0.39, 0.29) is 0 Å². The van der Waals surface area contributed by atoms with E-state index in [0.29, 0.717) is 0 Å². The number of aryl methyl sites for hydroxylation is 1. The molecule has 0 aromatic heterocycles. The molecule has 2 saturated carbocycles. The van der Waals surface area contributed by atoms with Crippen LogP contribution in [0, 0.1) is 18.8 Å². The van der Waals surface area contributed by atoms with Crippen molar-refractivity contribution in [2.24, 2.45) is 11.8 Å². The van der Waals surface area contributed by atoms with Crippen LogP contribution in [0.4, 0.5) is 5.69 Å². The van der Waals surface area contributed by atoms with Gasteiger partial charge in [0.2, 0.25) is 0 Å². The van der Waals surface area contributed by atoms with Gasteiger partial charge in [-0.05, 0) is 74.2 Å². The molecule has 0 aliphatic heterocycles. The van der Waals surface area contributed by atoms with Crippen molar-refractivity contribution in [3.05, 3.63) is 29.3 Å². The fourth-order valence-corrected chi connectivity index (χ4v) is 2.84. The van der Waals surface area contributed by atoms with Crippen LogP contribution in [0.2, 0.25) is 0 Å². The minimum atomic E-state index is 0.968. The van der Waals surface area contributed by atoms with Crippen LogP contribution in [-0.2, 0) is 6.54 Å². The summed E-state index contributed by atoms with van der Waals surface area (Å²) in [6.07, 6.45) is 5.77. The molecule has 2 nitrogen and oxygen atoms in total. The first-order valence-electron chi connectivity index (χ1n) is 8.31. The molecule has 0 spiro atoms. The first-order chi connectivity index (χ1) is 9.76. The monoisotopic (exact) mass is 272 g/mol. The van der Waals surface area contributed by atoms with Crippen LogP contribution >= 0.6 is 0 Å². The predicted molar refractivity (Wildman–Crippen MR) is 86.2 cm³/mol. The van der Waals surface area contributed by atoms with Gasteiger partial charge in [-0.1, -0.05) is 13.0 Å². The number of nitrogens with zero attached hydrogens (tertiary/aromatic N) is 1. The summed E-state index contributed by atoms with van der Waals surface area (Å²) in [6.45, 7) is 9.01. The Balaban J connectivity index is 1.69. The van der Waals surface area contributed by atoms with Crippen molar-refractivity contribution in [1.29, 1.82) is 0 Å². The molecule has 0 heterocycles. The molecule has 0 radical (unpaired) electrons. The fraction of sp³-hybridized carbons (Fsp3) is 0.667. The van der Waals surface area contributed by atoms with Gasteiger partial charge in [0.1, 0.15) is 0 Å². The van der Waals surface area contributed by atoms with Crippen LogP contribution in [0.1, 0.15) is 43.7 Å². The molecule has 2 aliphatic rings. The largest absolute Gasteiger partial charge is 0.371 e. The molecule has 2 aliphatic carbocycles. The Hall–Kier alpha value is -1.02. The van der Waals surface area contributed by atoms with E-state index < -0.39 is 0 Å². The standard InChI is InChI=1S/C18H28N2/c1-3-19-11-17-8-9-18(10-14(17)2)20(12-15-4-5-15)13-16-6-7-16/h8-10,15-16,19H,3-7,11-13H2,1-2H3. The molecule has 1 N–H and O–H groups in total. The van der Waals surface area contributed by atoms with Gasteiger partial charge in [0.15, 0.2) is 0 Å². The third kappa shape index (κ3) is 3.76. The maximum Gasteiger partial charge on any atom is 0.0369 e. The second-order valence-electron chi connectivity index (χ2n) is 6.68. The van der Waals surface area contributed by atoms with Crippen LogP contribution in [0.25, 0.3) is 0 Å².